The molecule has 372 valence electrons. The average Bonchev–Trinajstić information content (AvgIpc) is 4.08. The summed E-state index contributed by atoms with van der Waals surface area (Å²) in [5.74, 6) is -1.55. The van der Waals surface area contributed by atoms with Gasteiger partial charge in [0.1, 0.15) is 18.1 Å². The second kappa shape index (κ2) is 20.9. The average molecular weight is 967 g/mol. The summed E-state index contributed by atoms with van der Waals surface area (Å²) in [6, 6.07) is 7.21. The maximum Gasteiger partial charge on any atom is 0.324 e. The molecule has 69 heavy (non-hydrogen) atoms. The van der Waals surface area contributed by atoms with Crippen molar-refractivity contribution in [1.82, 2.24) is 49.9 Å². The number of rotatable bonds is 9. The monoisotopic (exact) mass is 967 g/mol. The van der Waals surface area contributed by atoms with Crippen LogP contribution in [0.4, 0.5) is 4.79 Å². The zero-order valence-corrected chi connectivity index (χ0v) is 42.6. The molecule has 18 heteroatoms. The van der Waals surface area contributed by atoms with Crippen LogP contribution in [0.3, 0.4) is 0 Å². The third-order valence-electron chi connectivity index (χ3n) is 14.4. The number of urea groups is 1. The highest BCUT2D eigenvalue weighted by Gasteiger charge is 2.40. The predicted molar refractivity (Wildman–Crippen MR) is 265 cm³/mol. The summed E-state index contributed by atoms with van der Waals surface area (Å²) >= 11 is 1.41. The number of fused-ring (bicyclic) bond motifs is 6. The molecule has 6 bridgehead atoms. The smallest absolute Gasteiger partial charge is 0.324 e. The molecule has 0 radical (unpaired) electrons. The van der Waals surface area contributed by atoms with E-state index in [1.54, 1.807) is 25.3 Å². The molecule has 4 aliphatic rings. The number of ether oxygens (including phenoxy) is 2. The van der Waals surface area contributed by atoms with Crippen LogP contribution in [0.25, 0.3) is 33.4 Å². The topological polar surface area (TPSA) is 175 Å². The number of pyridine rings is 1. The van der Waals surface area contributed by atoms with Crippen LogP contribution in [0.15, 0.2) is 41.9 Å². The van der Waals surface area contributed by atoms with E-state index in [-0.39, 0.29) is 43.0 Å². The predicted octanol–water partition coefficient (Wildman–Crippen LogP) is 5.52. The van der Waals surface area contributed by atoms with Crippen LogP contribution in [0, 0.1) is 11.3 Å². The number of likely N-dealkylation sites (tertiary alicyclic amines) is 1. The Morgan fingerprint density at radius 1 is 1.03 bits per heavy atom. The quantitative estimate of drug-likeness (QED) is 0.202. The first-order chi connectivity index (χ1) is 33.0. The Hall–Kier alpha value is -5.43. The Morgan fingerprint density at radius 2 is 1.77 bits per heavy atom. The van der Waals surface area contributed by atoms with Crippen LogP contribution in [-0.2, 0) is 48.0 Å². The lowest BCUT2D eigenvalue weighted by molar-refractivity contribution is -0.155. The fourth-order valence-electron chi connectivity index (χ4n) is 10.6. The fraction of sp³-hybridized carbons (Fsp3) is 0.588. The first kappa shape index (κ1) is 50.0. The molecule has 17 nitrogen and oxygen atoms in total. The van der Waals surface area contributed by atoms with Gasteiger partial charge in [0.15, 0.2) is 0 Å². The molecule has 5 atom stereocenters. The van der Waals surface area contributed by atoms with E-state index >= 15 is 0 Å². The van der Waals surface area contributed by atoms with E-state index in [2.05, 4.69) is 65.2 Å². The molecule has 3 aromatic heterocycles. The van der Waals surface area contributed by atoms with E-state index in [1.165, 1.54) is 21.2 Å². The van der Waals surface area contributed by atoms with E-state index < -0.39 is 41.3 Å². The van der Waals surface area contributed by atoms with Gasteiger partial charge in [0.25, 0.3) is 5.91 Å². The van der Waals surface area contributed by atoms with Crippen molar-refractivity contribution >= 4 is 52.0 Å². The maximum absolute atomic E-state index is 14.7. The van der Waals surface area contributed by atoms with Gasteiger partial charge in [-0.05, 0) is 95.3 Å². The molecule has 7 heterocycles. The van der Waals surface area contributed by atoms with Crippen LogP contribution < -0.4 is 10.7 Å². The van der Waals surface area contributed by atoms with Gasteiger partial charge in [-0.1, -0.05) is 33.8 Å². The lowest BCUT2D eigenvalue weighted by Crippen LogP contribution is -2.63. The summed E-state index contributed by atoms with van der Waals surface area (Å²) < 4.78 is 14.3. The largest absolute Gasteiger partial charge is 0.464 e. The fourth-order valence-corrected chi connectivity index (χ4v) is 11.5. The zero-order valence-electron chi connectivity index (χ0n) is 41.7. The summed E-state index contributed by atoms with van der Waals surface area (Å²) in [6.07, 6.45) is 5.04. The van der Waals surface area contributed by atoms with Crippen molar-refractivity contribution < 1.29 is 33.4 Å². The third-order valence-corrected chi connectivity index (χ3v) is 15.3. The van der Waals surface area contributed by atoms with Crippen LogP contribution in [0.2, 0.25) is 0 Å². The minimum Gasteiger partial charge on any atom is -0.464 e. The van der Waals surface area contributed by atoms with Gasteiger partial charge >= 0.3 is 12.0 Å². The second-order valence-corrected chi connectivity index (χ2v) is 21.2. The van der Waals surface area contributed by atoms with Gasteiger partial charge in [-0.15, -0.1) is 11.3 Å². The zero-order chi connectivity index (χ0) is 49.3. The van der Waals surface area contributed by atoms with Gasteiger partial charge in [-0.2, -0.15) is 0 Å². The summed E-state index contributed by atoms with van der Waals surface area (Å²) in [6.45, 7) is 15.7. The Morgan fingerprint density at radius 3 is 2.46 bits per heavy atom. The number of hydrogen-bond donors (Lipinski definition) is 2. The Balaban J connectivity index is 1.10. The van der Waals surface area contributed by atoms with Gasteiger partial charge < -0.3 is 34.1 Å². The molecular weight excluding hydrogens is 897 g/mol. The number of amides is 5. The molecule has 8 rings (SSSR count). The number of hydrazine groups is 1. The number of aryl methyl sites for hydroxylation is 1. The molecule has 1 unspecified atom stereocenters. The number of cyclic esters (lactones) is 1. The van der Waals surface area contributed by atoms with E-state index in [0.29, 0.717) is 63.5 Å². The molecular formula is C51H70N10O7S. The summed E-state index contributed by atoms with van der Waals surface area (Å²) in [4.78, 5) is 87.6. The van der Waals surface area contributed by atoms with Crippen LogP contribution in [0.1, 0.15) is 89.6 Å². The number of nitrogens with zero attached hydrogens (tertiary/aromatic N) is 8. The number of benzene rings is 1. The molecule has 4 aromatic rings. The van der Waals surface area contributed by atoms with E-state index in [9.17, 15) is 24.0 Å². The highest BCUT2D eigenvalue weighted by atomic mass is 32.1. The number of hydrogen-bond acceptors (Lipinski definition) is 12. The van der Waals surface area contributed by atoms with Crippen LogP contribution in [-0.4, -0.2) is 160 Å². The number of carbonyl (C=O) groups excluding carboxylic acids is 5. The first-order valence-corrected chi connectivity index (χ1v) is 25.5. The number of likely N-dealkylation sites (N-methyl/N-ethyl adjacent to an activating group) is 2. The van der Waals surface area contributed by atoms with E-state index in [1.807, 2.05) is 44.2 Å². The lowest BCUT2D eigenvalue weighted by Gasteiger charge is -2.40. The molecule has 2 N–H and O–H groups in total. The Kier molecular flexibility index (Phi) is 15.1. The highest BCUT2D eigenvalue weighted by molar-refractivity contribution is 7.10. The molecule has 3 saturated heterocycles. The molecule has 0 spiro atoms. The number of nitrogens with one attached hydrogen (secondary N) is 2. The van der Waals surface area contributed by atoms with Crippen molar-refractivity contribution in [2.24, 2.45) is 11.3 Å². The SMILES string of the molecule is CCn1c(-c2cccnc2[C@H](C)OC)c2c3cc(ccc31)-c1csc(n1)C[C@H](NC(=O)C(C(C)C)N(C)C(=O)N1CCN(C(=O)[C@H]3CCCN3C)CC1)C(=O)N1CCC[C@H](N1)C(=O)OCC(C)(C)C2. The standard InChI is InChI=1S/C51H70N10O7S/c1-10-60-40-18-17-33-26-35(40)36(45(60)34-14-11-19-52-43(34)32(4)67-9)28-51(5,6)30-68-49(65)37-15-12-21-61(55-37)47(63)38(27-42-53-39(33)29-69-42)54-46(62)44(31(2)3)57(8)50(66)59-24-22-58(23-25-59)48(64)41-16-13-20-56(41)7/h11,14,17-19,26,29,31-32,37-38,41,44,55H,10,12-13,15-16,20-25,27-28,30H2,1-9H3,(H,54,62)/t32-,37-,38-,41+,44?/m0/s1. The summed E-state index contributed by atoms with van der Waals surface area (Å²) in [7, 11) is 5.29. The van der Waals surface area contributed by atoms with Gasteiger partial charge in [0.05, 0.1) is 40.8 Å². The second-order valence-electron chi connectivity index (χ2n) is 20.3. The molecule has 5 amide bonds. The van der Waals surface area contributed by atoms with E-state index in [0.717, 1.165) is 64.1 Å². The summed E-state index contributed by atoms with van der Waals surface area (Å²) in [5.41, 5.74) is 9.30. The van der Waals surface area contributed by atoms with E-state index in [4.69, 9.17) is 19.4 Å². The van der Waals surface area contributed by atoms with Gasteiger partial charge in [-0.3, -0.25) is 34.1 Å². The summed E-state index contributed by atoms with van der Waals surface area (Å²) in [5, 5.41) is 8.16. The van der Waals surface area contributed by atoms with Crippen molar-refractivity contribution in [3.8, 4) is 22.5 Å². The van der Waals surface area contributed by atoms with Crippen molar-refractivity contribution in [2.45, 2.75) is 117 Å². The molecule has 0 saturated carbocycles. The van der Waals surface area contributed by atoms with Gasteiger partial charge in [0.2, 0.25) is 11.8 Å². The van der Waals surface area contributed by atoms with Crippen molar-refractivity contribution in [3.63, 3.8) is 0 Å². The Labute approximate surface area is 409 Å². The van der Waals surface area contributed by atoms with Crippen LogP contribution in [0.5, 0.6) is 0 Å². The molecule has 4 aliphatic heterocycles. The van der Waals surface area contributed by atoms with Gasteiger partial charge in [-0.25, -0.2) is 15.2 Å². The maximum atomic E-state index is 14.7. The molecule has 0 aliphatic carbocycles. The first-order valence-electron chi connectivity index (χ1n) is 24.6. The number of aromatic nitrogens is 3. The Bertz CT molecular complexity index is 2550. The highest BCUT2D eigenvalue weighted by Crippen LogP contribution is 2.42. The lowest BCUT2D eigenvalue weighted by atomic mass is 9.84. The van der Waals surface area contributed by atoms with Crippen molar-refractivity contribution in [2.75, 3.05) is 67.1 Å². The normalized spacial score (nSPS) is 22.3. The number of thiazole rings is 1. The van der Waals surface area contributed by atoms with Crippen molar-refractivity contribution in [1.29, 1.82) is 0 Å². The number of piperazine rings is 1. The minimum atomic E-state index is -1.08. The van der Waals surface area contributed by atoms with Crippen LogP contribution >= 0.6 is 11.3 Å². The number of carbonyl (C=O) groups is 5. The number of esters is 1. The van der Waals surface area contributed by atoms with Gasteiger partial charge in [0, 0.05) is 98.9 Å². The molecule has 1 aromatic carbocycles. The molecule has 3 fully saturated rings. The van der Waals surface area contributed by atoms with Crippen molar-refractivity contribution in [3.05, 3.63) is 58.2 Å². The number of methoxy groups -OCH3 is 1. The third kappa shape index (κ3) is 10.4. The minimum absolute atomic E-state index is 0.0801.